The van der Waals surface area contributed by atoms with E-state index in [0.29, 0.717) is 0 Å². The number of ether oxygens (including phenoxy) is 1. The second kappa shape index (κ2) is 6.59. The van der Waals surface area contributed by atoms with E-state index in [1.165, 1.54) is 12.1 Å². The Morgan fingerprint density at radius 3 is 2.39 bits per heavy atom. The molecule has 0 aliphatic carbocycles. The predicted octanol–water partition coefficient (Wildman–Crippen LogP) is 5.17. The maximum Gasteiger partial charge on any atom is 0.269 e. The number of para-hydroxylation sites is 1. The molecule has 0 bridgehead atoms. The van der Waals surface area contributed by atoms with Gasteiger partial charge in [-0.15, -0.1) is 0 Å². The number of hydrogen-bond donors (Lipinski definition) is 0. The van der Waals surface area contributed by atoms with Crippen molar-refractivity contribution >= 4 is 31.6 Å². The maximum absolute atomic E-state index is 10.9. The molecule has 0 fully saturated rings. The van der Waals surface area contributed by atoms with E-state index < -0.39 is 4.92 Å². The van der Waals surface area contributed by atoms with Gasteiger partial charge in [-0.3, -0.25) is 10.1 Å². The van der Waals surface area contributed by atoms with Crippen LogP contribution >= 0.6 is 8.73 Å². The van der Waals surface area contributed by atoms with Gasteiger partial charge in [0.1, 0.15) is 17.2 Å². The van der Waals surface area contributed by atoms with Gasteiger partial charge in [-0.1, -0.05) is 42.5 Å². The molecule has 0 saturated heterocycles. The van der Waals surface area contributed by atoms with Crippen molar-refractivity contribution in [2.75, 3.05) is 4.78 Å². The molecule has 2 heterocycles. The van der Waals surface area contributed by atoms with E-state index in [0.717, 1.165) is 39.3 Å². The zero-order chi connectivity index (χ0) is 19.1. The molecule has 28 heavy (non-hydrogen) atoms. The van der Waals surface area contributed by atoms with Gasteiger partial charge >= 0.3 is 0 Å². The summed E-state index contributed by atoms with van der Waals surface area (Å²) in [5, 5.41) is 16.8. The van der Waals surface area contributed by atoms with E-state index in [1.54, 1.807) is 12.1 Å². The van der Waals surface area contributed by atoms with Crippen molar-refractivity contribution in [2.24, 2.45) is 5.10 Å². The van der Waals surface area contributed by atoms with E-state index in [9.17, 15) is 10.1 Å². The fraction of sp³-hybridized carbons (Fsp3) is 0. The summed E-state index contributed by atoms with van der Waals surface area (Å²) in [6, 6.07) is 24.3. The number of nitrogens with zero attached hydrogens (tertiary/aromatic N) is 3. The Bertz CT molecular complexity index is 1140. The number of anilines is 1. The summed E-state index contributed by atoms with van der Waals surface area (Å²) in [5.41, 5.74) is 3.71. The van der Waals surface area contributed by atoms with E-state index >= 15 is 0 Å². The van der Waals surface area contributed by atoms with E-state index in [2.05, 4.69) is 0 Å². The fourth-order valence-electron chi connectivity index (χ4n) is 3.22. The predicted molar refractivity (Wildman–Crippen MR) is 111 cm³/mol. The molecule has 0 amide bonds. The molecule has 0 spiro atoms. The minimum absolute atomic E-state index is 0.0641. The highest BCUT2D eigenvalue weighted by molar-refractivity contribution is 7.48. The Morgan fingerprint density at radius 1 is 0.929 bits per heavy atom. The number of allylic oxidation sites excluding steroid dienone is 1. The highest BCUT2D eigenvalue weighted by Gasteiger charge is 2.33. The molecule has 0 aromatic heterocycles. The standard InChI is InChI=1S/C21H14N3O3P/c25-24(26)16-12-10-15(11-13-16)23-22-19-17-8-4-5-9-18(17)27-20(21(19)28-23)14-6-2-1-3-7-14/h1-13,28H. The normalized spacial score (nSPS) is 15.7. The molecule has 1 unspecified atom stereocenters. The third-order valence-electron chi connectivity index (χ3n) is 4.58. The molecule has 3 aromatic rings. The van der Waals surface area contributed by atoms with Gasteiger partial charge in [0, 0.05) is 32.0 Å². The van der Waals surface area contributed by atoms with Crippen LogP contribution in [0.5, 0.6) is 5.75 Å². The number of rotatable bonds is 3. The summed E-state index contributed by atoms with van der Waals surface area (Å²) in [4.78, 5) is 10.5. The van der Waals surface area contributed by atoms with Gasteiger partial charge in [0.15, 0.2) is 0 Å². The summed E-state index contributed by atoms with van der Waals surface area (Å²) >= 11 is 0. The smallest absolute Gasteiger partial charge is 0.269 e. The van der Waals surface area contributed by atoms with E-state index in [-0.39, 0.29) is 14.4 Å². The Labute approximate surface area is 162 Å². The molecule has 1 atom stereocenters. The lowest BCUT2D eigenvalue weighted by Gasteiger charge is -2.21. The van der Waals surface area contributed by atoms with Gasteiger partial charge in [0.2, 0.25) is 0 Å². The third kappa shape index (κ3) is 2.75. The number of non-ortho nitro benzene ring substituents is 1. The Kier molecular flexibility index (Phi) is 3.92. The first-order valence-corrected chi connectivity index (χ1v) is 9.62. The van der Waals surface area contributed by atoms with Crippen LogP contribution in [0.2, 0.25) is 0 Å². The van der Waals surface area contributed by atoms with Crippen molar-refractivity contribution in [1.29, 1.82) is 0 Å². The van der Waals surface area contributed by atoms with Crippen molar-refractivity contribution in [1.82, 2.24) is 0 Å². The molecule has 2 aliphatic heterocycles. The average Bonchev–Trinajstić information content (AvgIpc) is 3.19. The first kappa shape index (κ1) is 16.7. The fourth-order valence-corrected chi connectivity index (χ4v) is 4.45. The largest absolute Gasteiger partial charge is 0.455 e. The molecular formula is C21H14N3O3P. The summed E-state index contributed by atoms with van der Waals surface area (Å²) in [6.45, 7) is 0. The topological polar surface area (TPSA) is 68.0 Å². The van der Waals surface area contributed by atoms with E-state index in [1.807, 2.05) is 59.4 Å². The maximum atomic E-state index is 10.9. The summed E-state index contributed by atoms with van der Waals surface area (Å²) < 4.78 is 8.13. The first-order valence-electron chi connectivity index (χ1n) is 8.68. The van der Waals surface area contributed by atoms with Crippen molar-refractivity contribution in [2.45, 2.75) is 0 Å². The SMILES string of the molecule is O=[N+]([O-])c1ccc(N2N=C3C(=C(c4ccccc4)Oc4ccccc43)P2)cc1. The number of nitro benzene ring substituents is 1. The van der Waals surface area contributed by atoms with Gasteiger partial charge in [-0.25, -0.2) is 4.78 Å². The highest BCUT2D eigenvalue weighted by Crippen LogP contribution is 2.49. The van der Waals surface area contributed by atoms with Crippen molar-refractivity contribution in [3.63, 3.8) is 0 Å². The monoisotopic (exact) mass is 387 g/mol. The van der Waals surface area contributed by atoms with Gasteiger partial charge in [0.25, 0.3) is 5.69 Å². The van der Waals surface area contributed by atoms with Gasteiger partial charge in [-0.05, 0) is 24.3 Å². The molecule has 136 valence electrons. The molecule has 3 aromatic carbocycles. The van der Waals surface area contributed by atoms with Crippen LogP contribution in [-0.4, -0.2) is 10.6 Å². The number of hydrogen-bond acceptors (Lipinski definition) is 5. The van der Waals surface area contributed by atoms with Crippen molar-refractivity contribution in [3.8, 4) is 5.75 Å². The summed E-state index contributed by atoms with van der Waals surface area (Å²) in [7, 11) is 0.230. The lowest BCUT2D eigenvalue weighted by Crippen LogP contribution is -2.13. The van der Waals surface area contributed by atoms with Gasteiger partial charge < -0.3 is 4.74 Å². The van der Waals surface area contributed by atoms with Crippen molar-refractivity contribution in [3.05, 3.63) is 105 Å². The summed E-state index contributed by atoms with van der Waals surface area (Å²) in [5.74, 6) is 1.58. The summed E-state index contributed by atoms with van der Waals surface area (Å²) in [6.07, 6.45) is 0. The Balaban J connectivity index is 1.61. The van der Waals surface area contributed by atoms with Crippen LogP contribution < -0.4 is 9.52 Å². The molecule has 6 nitrogen and oxygen atoms in total. The minimum atomic E-state index is -0.401. The molecule has 0 N–H and O–H groups in total. The quantitative estimate of drug-likeness (QED) is 0.353. The molecule has 7 heteroatoms. The van der Waals surface area contributed by atoms with Crippen LogP contribution in [0, 0.1) is 10.1 Å². The second-order valence-corrected chi connectivity index (χ2v) is 7.46. The van der Waals surface area contributed by atoms with Crippen LogP contribution in [0.1, 0.15) is 11.1 Å². The zero-order valence-electron chi connectivity index (χ0n) is 14.6. The molecule has 2 aliphatic rings. The second-order valence-electron chi connectivity index (χ2n) is 6.31. The van der Waals surface area contributed by atoms with Crippen LogP contribution in [-0.2, 0) is 0 Å². The average molecular weight is 387 g/mol. The lowest BCUT2D eigenvalue weighted by molar-refractivity contribution is -0.384. The molecule has 5 rings (SSSR count). The number of hydrazone groups is 1. The van der Waals surface area contributed by atoms with Crippen molar-refractivity contribution < 1.29 is 9.66 Å². The van der Waals surface area contributed by atoms with Crippen LogP contribution in [0.15, 0.2) is 89.3 Å². The number of fused-ring (bicyclic) bond motifs is 3. The highest BCUT2D eigenvalue weighted by atomic mass is 31.1. The first-order chi connectivity index (χ1) is 13.7. The Morgan fingerprint density at radius 2 is 1.64 bits per heavy atom. The molecule has 0 saturated carbocycles. The van der Waals surface area contributed by atoms with Gasteiger partial charge in [0.05, 0.1) is 15.9 Å². The number of nitro groups is 1. The number of benzene rings is 3. The zero-order valence-corrected chi connectivity index (χ0v) is 15.6. The Hall–Kier alpha value is -3.50. The molecular weight excluding hydrogens is 373 g/mol. The third-order valence-corrected chi connectivity index (χ3v) is 5.83. The van der Waals surface area contributed by atoms with Crippen LogP contribution in [0.3, 0.4) is 0 Å². The lowest BCUT2D eigenvalue weighted by atomic mass is 10.0. The van der Waals surface area contributed by atoms with E-state index in [4.69, 9.17) is 9.84 Å². The minimum Gasteiger partial charge on any atom is -0.455 e. The van der Waals surface area contributed by atoms with Crippen LogP contribution in [0.4, 0.5) is 11.4 Å². The van der Waals surface area contributed by atoms with Gasteiger partial charge in [-0.2, -0.15) is 5.10 Å². The van der Waals surface area contributed by atoms with Crippen LogP contribution in [0.25, 0.3) is 5.76 Å². The molecule has 0 radical (unpaired) electrons.